The van der Waals surface area contributed by atoms with Crippen LogP contribution in [-0.4, -0.2) is 33.2 Å². The van der Waals surface area contributed by atoms with Crippen LogP contribution in [0.5, 0.6) is 5.75 Å². The van der Waals surface area contributed by atoms with Gasteiger partial charge in [0.2, 0.25) is 15.9 Å². The summed E-state index contributed by atoms with van der Waals surface area (Å²) in [6.07, 6.45) is 1.75. The first-order chi connectivity index (χ1) is 14.0. The van der Waals surface area contributed by atoms with Gasteiger partial charge in [0, 0.05) is 6.07 Å². The molecule has 1 atom stereocenters. The molecule has 1 amide bonds. The third-order valence-corrected chi connectivity index (χ3v) is 5.85. The predicted molar refractivity (Wildman–Crippen MR) is 121 cm³/mol. The van der Waals surface area contributed by atoms with Crippen molar-refractivity contribution in [3.05, 3.63) is 59.2 Å². The van der Waals surface area contributed by atoms with Crippen molar-refractivity contribution in [2.45, 2.75) is 53.2 Å². The molecule has 0 aliphatic carbocycles. The SMILES string of the molecule is CCC(NC(=O)CN(c1cccc(OC(C)C)c1)S(C)(=O)=O)c1ccc(C)cc1C. The maximum atomic E-state index is 12.8. The molecule has 0 heterocycles. The third kappa shape index (κ3) is 6.49. The number of rotatable bonds is 9. The molecule has 0 saturated heterocycles. The molecule has 164 valence electrons. The molecule has 30 heavy (non-hydrogen) atoms. The molecule has 7 heteroatoms. The standard InChI is InChI=1S/C23H32N2O4S/c1-7-22(21-12-11-17(4)13-18(21)5)24-23(26)15-25(30(6,27)28)19-9-8-10-20(14-19)29-16(2)3/h8-14,16,22H,7,15H2,1-6H3,(H,24,26). The smallest absolute Gasteiger partial charge is 0.241 e. The van der Waals surface area contributed by atoms with Gasteiger partial charge in [-0.05, 0) is 57.4 Å². The second kappa shape index (κ2) is 9.98. The number of carbonyl (C=O) groups excluding carboxylic acids is 1. The highest BCUT2D eigenvalue weighted by Crippen LogP contribution is 2.25. The molecule has 0 aromatic heterocycles. The lowest BCUT2D eigenvalue weighted by molar-refractivity contribution is -0.120. The number of benzene rings is 2. The number of ether oxygens (including phenoxy) is 1. The van der Waals surface area contributed by atoms with E-state index in [0.29, 0.717) is 17.9 Å². The van der Waals surface area contributed by atoms with Gasteiger partial charge in [-0.3, -0.25) is 9.10 Å². The summed E-state index contributed by atoms with van der Waals surface area (Å²) in [7, 11) is -3.66. The summed E-state index contributed by atoms with van der Waals surface area (Å²) in [5.74, 6) is 0.195. The fraction of sp³-hybridized carbons (Fsp3) is 0.435. The first-order valence-corrected chi connectivity index (χ1v) is 12.0. The average molecular weight is 433 g/mol. The molecule has 0 radical (unpaired) electrons. The molecule has 0 spiro atoms. The Labute approximate surface area is 180 Å². The van der Waals surface area contributed by atoms with Gasteiger partial charge in [-0.15, -0.1) is 0 Å². The number of amides is 1. The Morgan fingerprint density at radius 2 is 1.83 bits per heavy atom. The van der Waals surface area contributed by atoms with Crippen LogP contribution in [0, 0.1) is 13.8 Å². The summed E-state index contributed by atoms with van der Waals surface area (Å²) in [4.78, 5) is 12.8. The van der Waals surface area contributed by atoms with Crippen molar-refractivity contribution in [3.8, 4) is 5.75 Å². The van der Waals surface area contributed by atoms with E-state index in [-0.39, 0.29) is 24.6 Å². The molecule has 6 nitrogen and oxygen atoms in total. The van der Waals surface area contributed by atoms with E-state index in [9.17, 15) is 13.2 Å². The molecular weight excluding hydrogens is 400 g/mol. The number of nitrogens with one attached hydrogen (secondary N) is 1. The number of sulfonamides is 1. The Bertz CT molecular complexity index is 986. The Morgan fingerprint density at radius 1 is 1.13 bits per heavy atom. The van der Waals surface area contributed by atoms with Crippen molar-refractivity contribution in [2.75, 3.05) is 17.1 Å². The molecule has 2 rings (SSSR count). The lowest BCUT2D eigenvalue weighted by Gasteiger charge is -2.25. The number of hydrogen-bond donors (Lipinski definition) is 1. The highest BCUT2D eigenvalue weighted by molar-refractivity contribution is 7.92. The maximum Gasteiger partial charge on any atom is 0.241 e. The Morgan fingerprint density at radius 3 is 2.40 bits per heavy atom. The van der Waals surface area contributed by atoms with E-state index in [4.69, 9.17) is 4.74 Å². The second-order valence-electron chi connectivity index (χ2n) is 7.82. The average Bonchev–Trinajstić information content (AvgIpc) is 2.63. The Kier molecular flexibility index (Phi) is 7.89. The number of anilines is 1. The molecule has 1 unspecified atom stereocenters. The van der Waals surface area contributed by atoms with E-state index in [1.54, 1.807) is 24.3 Å². The first kappa shape index (κ1) is 23.7. The van der Waals surface area contributed by atoms with Crippen LogP contribution in [0.1, 0.15) is 49.9 Å². The molecule has 0 bridgehead atoms. The molecule has 0 saturated carbocycles. The van der Waals surface area contributed by atoms with Crippen molar-refractivity contribution in [1.29, 1.82) is 0 Å². The minimum Gasteiger partial charge on any atom is -0.491 e. The number of hydrogen-bond acceptors (Lipinski definition) is 4. The lowest BCUT2D eigenvalue weighted by Crippen LogP contribution is -2.41. The zero-order valence-corrected chi connectivity index (χ0v) is 19.4. The second-order valence-corrected chi connectivity index (χ2v) is 9.73. The van der Waals surface area contributed by atoms with Gasteiger partial charge >= 0.3 is 0 Å². The molecule has 2 aromatic carbocycles. The summed E-state index contributed by atoms with van der Waals surface area (Å²) < 4.78 is 31.6. The zero-order chi connectivity index (χ0) is 22.5. The fourth-order valence-electron chi connectivity index (χ4n) is 3.37. The van der Waals surface area contributed by atoms with Crippen molar-refractivity contribution in [2.24, 2.45) is 0 Å². The molecule has 0 aliphatic rings. The normalized spacial score (nSPS) is 12.5. The van der Waals surface area contributed by atoms with E-state index in [1.165, 1.54) is 0 Å². The molecule has 0 aliphatic heterocycles. The summed E-state index contributed by atoms with van der Waals surface area (Å²) in [6.45, 7) is 9.52. The van der Waals surface area contributed by atoms with Crippen LogP contribution in [0.4, 0.5) is 5.69 Å². The minimum absolute atomic E-state index is 0.0432. The number of aryl methyl sites for hydroxylation is 2. The van der Waals surface area contributed by atoms with E-state index in [2.05, 4.69) is 11.4 Å². The van der Waals surface area contributed by atoms with Gasteiger partial charge < -0.3 is 10.1 Å². The van der Waals surface area contributed by atoms with Crippen LogP contribution in [0.2, 0.25) is 0 Å². The maximum absolute atomic E-state index is 12.8. The molecule has 0 fully saturated rings. The topological polar surface area (TPSA) is 75.7 Å². The van der Waals surface area contributed by atoms with Gasteiger partial charge in [0.15, 0.2) is 0 Å². The van der Waals surface area contributed by atoms with Crippen LogP contribution in [0.15, 0.2) is 42.5 Å². The molecular formula is C23H32N2O4S. The van der Waals surface area contributed by atoms with Gasteiger partial charge in [-0.25, -0.2) is 8.42 Å². The Hall–Kier alpha value is -2.54. The number of nitrogens with zero attached hydrogens (tertiary/aromatic N) is 1. The molecule has 1 N–H and O–H groups in total. The van der Waals surface area contributed by atoms with Crippen molar-refractivity contribution < 1.29 is 17.9 Å². The van der Waals surface area contributed by atoms with Gasteiger partial charge in [-0.2, -0.15) is 0 Å². The van der Waals surface area contributed by atoms with E-state index in [0.717, 1.165) is 27.3 Å². The van der Waals surface area contributed by atoms with Crippen LogP contribution >= 0.6 is 0 Å². The predicted octanol–water partition coefficient (Wildman–Crippen LogP) is 4.12. The van der Waals surface area contributed by atoms with Crippen molar-refractivity contribution in [3.63, 3.8) is 0 Å². The van der Waals surface area contributed by atoms with E-state index >= 15 is 0 Å². The summed E-state index contributed by atoms with van der Waals surface area (Å²) in [6, 6.07) is 12.7. The summed E-state index contributed by atoms with van der Waals surface area (Å²) >= 11 is 0. The third-order valence-electron chi connectivity index (χ3n) is 4.71. The highest BCUT2D eigenvalue weighted by Gasteiger charge is 2.23. The first-order valence-electron chi connectivity index (χ1n) is 10.1. The van der Waals surface area contributed by atoms with Gasteiger partial charge in [0.05, 0.1) is 24.1 Å². The van der Waals surface area contributed by atoms with Crippen LogP contribution in [0.3, 0.4) is 0 Å². The quantitative estimate of drug-likeness (QED) is 0.647. The summed E-state index contributed by atoms with van der Waals surface area (Å²) in [5.41, 5.74) is 3.69. The van der Waals surface area contributed by atoms with Gasteiger partial charge in [0.25, 0.3) is 0 Å². The van der Waals surface area contributed by atoms with E-state index in [1.807, 2.05) is 46.8 Å². The highest BCUT2D eigenvalue weighted by atomic mass is 32.2. The largest absolute Gasteiger partial charge is 0.491 e. The van der Waals surface area contributed by atoms with Gasteiger partial charge in [-0.1, -0.05) is 36.8 Å². The minimum atomic E-state index is -3.66. The van der Waals surface area contributed by atoms with Crippen molar-refractivity contribution in [1.82, 2.24) is 5.32 Å². The zero-order valence-electron chi connectivity index (χ0n) is 18.6. The van der Waals surface area contributed by atoms with Crippen LogP contribution in [0.25, 0.3) is 0 Å². The van der Waals surface area contributed by atoms with E-state index < -0.39 is 10.0 Å². The molecule has 2 aromatic rings. The summed E-state index contributed by atoms with van der Waals surface area (Å²) in [5, 5.41) is 2.99. The monoisotopic (exact) mass is 432 g/mol. The van der Waals surface area contributed by atoms with Crippen LogP contribution in [-0.2, 0) is 14.8 Å². The Balaban J connectivity index is 2.23. The lowest BCUT2D eigenvalue weighted by atomic mass is 9.97. The number of carbonyl (C=O) groups is 1. The van der Waals surface area contributed by atoms with Crippen molar-refractivity contribution >= 4 is 21.6 Å². The van der Waals surface area contributed by atoms with Gasteiger partial charge in [0.1, 0.15) is 12.3 Å². The van der Waals surface area contributed by atoms with Crippen LogP contribution < -0.4 is 14.4 Å². The fourth-order valence-corrected chi connectivity index (χ4v) is 4.22.